The van der Waals surface area contributed by atoms with Crippen LogP contribution in [0, 0.1) is 17.8 Å². The lowest BCUT2D eigenvalue weighted by Gasteiger charge is -2.37. The fourth-order valence-electron chi connectivity index (χ4n) is 4.88. The van der Waals surface area contributed by atoms with Crippen LogP contribution in [-0.4, -0.2) is 19.0 Å². The first-order valence-electron chi connectivity index (χ1n) is 13.2. The summed E-state index contributed by atoms with van der Waals surface area (Å²) >= 11 is 0. The molecule has 0 N–H and O–H groups in total. The summed E-state index contributed by atoms with van der Waals surface area (Å²) in [5.74, 6) is 1.21. The van der Waals surface area contributed by atoms with Crippen molar-refractivity contribution in [2.75, 3.05) is 13.2 Å². The molecule has 2 rings (SSSR count). The summed E-state index contributed by atoms with van der Waals surface area (Å²) in [6.07, 6.45) is 32.8. The van der Waals surface area contributed by atoms with Crippen LogP contribution in [0.15, 0.2) is 48.6 Å². The third kappa shape index (κ3) is 9.49. The van der Waals surface area contributed by atoms with Gasteiger partial charge in [0.25, 0.3) is 0 Å². The highest BCUT2D eigenvalue weighted by molar-refractivity contribution is 5.24. The Morgan fingerprint density at radius 2 is 1.10 bits per heavy atom. The van der Waals surface area contributed by atoms with E-state index in [0.29, 0.717) is 17.8 Å². The van der Waals surface area contributed by atoms with Crippen molar-refractivity contribution in [1.29, 1.82) is 0 Å². The maximum absolute atomic E-state index is 6.51. The highest BCUT2D eigenvalue weighted by Gasteiger charge is 2.35. The van der Waals surface area contributed by atoms with Gasteiger partial charge in [-0.3, -0.25) is 0 Å². The lowest BCUT2D eigenvalue weighted by Crippen LogP contribution is -2.38. The van der Waals surface area contributed by atoms with Gasteiger partial charge < -0.3 is 9.47 Å². The zero-order valence-corrected chi connectivity index (χ0v) is 20.6. The van der Waals surface area contributed by atoms with Crippen LogP contribution in [0.3, 0.4) is 0 Å². The van der Waals surface area contributed by atoms with Crippen LogP contribution in [0.5, 0.6) is 0 Å². The maximum atomic E-state index is 6.51. The SMILES string of the molecule is CCCCCCCCCC(CCC(C1C=CC=C1)C1C=CC=C1)(OCCC)OCCC. The van der Waals surface area contributed by atoms with Crippen LogP contribution >= 0.6 is 0 Å². The topological polar surface area (TPSA) is 18.5 Å². The second-order valence-electron chi connectivity index (χ2n) is 9.38. The van der Waals surface area contributed by atoms with E-state index in [4.69, 9.17) is 9.47 Å². The van der Waals surface area contributed by atoms with Crippen molar-refractivity contribution in [2.24, 2.45) is 17.8 Å². The van der Waals surface area contributed by atoms with Gasteiger partial charge in [-0.05, 0) is 43.4 Å². The largest absolute Gasteiger partial charge is 0.350 e. The second kappa shape index (κ2) is 15.6. The molecule has 0 unspecified atom stereocenters. The molecular weight excluding hydrogens is 380 g/mol. The first-order chi connectivity index (χ1) is 15.2. The Hall–Kier alpha value is -1.12. The van der Waals surface area contributed by atoms with Crippen LogP contribution in [0.4, 0.5) is 0 Å². The van der Waals surface area contributed by atoms with E-state index in [1.165, 1.54) is 44.9 Å². The number of hydrogen-bond donors (Lipinski definition) is 0. The quantitative estimate of drug-likeness (QED) is 0.151. The Bertz CT molecular complexity index is 511. The maximum Gasteiger partial charge on any atom is 0.168 e. The van der Waals surface area contributed by atoms with Gasteiger partial charge >= 0.3 is 0 Å². The zero-order valence-electron chi connectivity index (χ0n) is 20.6. The number of hydrogen-bond acceptors (Lipinski definition) is 2. The van der Waals surface area contributed by atoms with Gasteiger partial charge in [0.1, 0.15) is 0 Å². The molecule has 176 valence electrons. The van der Waals surface area contributed by atoms with Crippen molar-refractivity contribution in [2.45, 2.75) is 104 Å². The molecule has 0 radical (unpaired) electrons. The summed E-state index contributed by atoms with van der Waals surface area (Å²) in [4.78, 5) is 0. The van der Waals surface area contributed by atoms with E-state index in [1.807, 2.05) is 0 Å². The molecular formula is C29H48O2. The van der Waals surface area contributed by atoms with Crippen molar-refractivity contribution in [1.82, 2.24) is 0 Å². The predicted molar refractivity (Wildman–Crippen MR) is 134 cm³/mol. The van der Waals surface area contributed by atoms with Gasteiger partial charge in [0, 0.05) is 26.1 Å². The first-order valence-corrected chi connectivity index (χ1v) is 13.2. The van der Waals surface area contributed by atoms with Crippen LogP contribution in [0.2, 0.25) is 0 Å². The molecule has 0 aliphatic heterocycles. The van der Waals surface area contributed by atoms with E-state index in [0.717, 1.165) is 45.3 Å². The molecule has 2 heteroatoms. The highest BCUT2D eigenvalue weighted by atomic mass is 16.7. The Kier molecular flexibility index (Phi) is 13.2. The van der Waals surface area contributed by atoms with Crippen molar-refractivity contribution < 1.29 is 9.47 Å². The molecule has 0 fully saturated rings. The summed E-state index contributed by atoms with van der Waals surface area (Å²) in [5, 5.41) is 0. The molecule has 2 aliphatic rings. The summed E-state index contributed by atoms with van der Waals surface area (Å²) in [6, 6.07) is 0. The van der Waals surface area contributed by atoms with E-state index < -0.39 is 5.79 Å². The fourth-order valence-corrected chi connectivity index (χ4v) is 4.88. The standard InChI is InChI=1S/C29H48O2/c1-4-7-8-9-10-11-16-22-29(30-24-5-2,31-25-6-3)23-21-28(26-17-12-13-18-26)27-19-14-15-20-27/h12-15,17-20,26-28H,4-11,16,21-25H2,1-3H3. The Morgan fingerprint density at radius 3 is 1.58 bits per heavy atom. The van der Waals surface area contributed by atoms with Crippen molar-refractivity contribution >= 4 is 0 Å². The molecule has 0 saturated heterocycles. The minimum Gasteiger partial charge on any atom is -0.350 e. The number of ether oxygens (including phenoxy) is 2. The van der Waals surface area contributed by atoms with E-state index in [2.05, 4.69) is 69.4 Å². The van der Waals surface area contributed by atoms with Crippen LogP contribution < -0.4 is 0 Å². The zero-order chi connectivity index (χ0) is 22.2. The molecule has 0 aromatic carbocycles. The summed E-state index contributed by atoms with van der Waals surface area (Å²) < 4.78 is 13.0. The molecule has 0 amide bonds. The van der Waals surface area contributed by atoms with E-state index >= 15 is 0 Å². The molecule has 0 spiro atoms. The first kappa shape index (κ1) is 26.1. The van der Waals surface area contributed by atoms with Gasteiger partial charge in [-0.1, -0.05) is 108 Å². The lowest BCUT2D eigenvalue weighted by atomic mass is 9.78. The number of allylic oxidation sites excluding steroid dienone is 8. The average Bonchev–Trinajstić information content (AvgIpc) is 3.50. The molecule has 2 nitrogen and oxygen atoms in total. The molecule has 0 bridgehead atoms. The Morgan fingerprint density at radius 1 is 0.613 bits per heavy atom. The molecule has 2 aliphatic carbocycles. The van der Waals surface area contributed by atoms with Gasteiger partial charge in [-0.25, -0.2) is 0 Å². The highest BCUT2D eigenvalue weighted by Crippen LogP contribution is 2.38. The van der Waals surface area contributed by atoms with Gasteiger partial charge in [-0.2, -0.15) is 0 Å². The fraction of sp³-hybridized carbons (Fsp3) is 0.724. The third-order valence-corrected chi connectivity index (χ3v) is 6.70. The van der Waals surface area contributed by atoms with Crippen LogP contribution in [0.25, 0.3) is 0 Å². The number of unbranched alkanes of at least 4 members (excludes halogenated alkanes) is 6. The van der Waals surface area contributed by atoms with E-state index in [9.17, 15) is 0 Å². The second-order valence-corrected chi connectivity index (χ2v) is 9.38. The van der Waals surface area contributed by atoms with Crippen molar-refractivity contribution in [3.63, 3.8) is 0 Å². The average molecular weight is 429 g/mol. The van der Waals surface area contributed by atoms with Gasteiger partial charge in [0.15, 0.2) is 5.79 Å². The minimum atomic E-state index is -0.411. The molecule has 0 atom stereocenters. The monoisotopic (exact) mass is 428 g/mol. The lowest BCUT2D eigenvalue weighted by molar-refractivity contribution is -0.247. The van der Waals surface area contributed by atoms with Gasteiger partial charge in [0.2, 0.25) is 0 Å². The molecule has 31 heavy (non-hydrogen) atoms. The summed E-state index contributed by atoms with van der Waals surface area (Å²) in [5.41, 5.74) is 0. The van der Waals surface area contributed by atoms with Crippen LogP contribution in [0.1, 0.15) is 97.8 Å². The van der Waals surface area contributed by atoms with Crippen LogP contribution in [-0.2, 0) is 9.47 Å². The van der Waals surface area contributed by atoms with Crippen molar-refractivity contribution in [3.05, 3.63) is 48.6 Å². The van der Waals surface area contributed by atoms with Gasteiger partial charge in [0.05, 0.1) is 0 Å². The third-order valence-electron chi connectivity index (χ3n) is 6.70. The van der Waals surface area contributed by atoms with Crippen molar-refractivity contribution in [3.8, 4) is 0 Å². The number of rotatable bonds is 19. The smallest absolute Gasteiger partial charge is 0.168 e. The Labute approximate surface area is 192 Å². The molecule has 0 saturated carbocycles. The minimum absolute atomic E-state index is 0.411. The van der Waals surface area contributed by atoms with E-state index in [-0.39, 0.29) is 0 Å². The predicted octanol–water partition coefficient (Wildman–Crippen LogP) is 8.56. The summed E-state index contributed by atoms with van der Waals surface area (Å²) in [6.45, 7) is 8.26. The molecule has 0 aromatic heterocycles. The normalized spacial score (nSPS) is 16.5. The molecule has 0 aromatic rings. The molecule has 0 heterocycles. The Balaban J connectivity index is 1.98. The summed E-state index contributed by atoms with van der Waals surface area (Å²) in [7, 11) is 0. The van der Waals surface area contributed by atoms with E-state index in [1.54, 1.807) is 0 Å². The van der Waals surface area contributed by atoms with Gasteiger partial charge in [-0.15, -0.1) is 0 Å².